The number of ether oxygens (including phenoxy) is 1. The molecule has 0 saturated heterocycles. The number of hydrogen-bond acceptors (Lipinski definition) is 6. The Bertz CT molecular complexity index is 721. The Hall–Kier alpha value is -2.47. The molecule has 0 saturated carbocycles. The van der Waals surface area contributed by atoms with Crippen LogP contribution in [0.1, 0.15) is 40.3 Å². The largest absolute Gasteiger partial charge is 0.466 e. The molecule has 0 unspecified atom stereocenters. The van der Waals surface area contributed by atoms with Crippen molar-refractivity contribution in [3.63, 3.8) is 0 Å². The molecule has 23 heavy (non-hydrogen) atoms. The summed E-state index contributed by atoms with van der Waals surface area (Å²) in [6.45, 7) is 3.36. The van der Waals surface area contributed by atoms with E-state index in [1.54, 1.807) is 6.92 Å². The minimum Gasteiger partial charge on any atom is -0.466 e. The van der Waals surface area contributed by atoms with Crippen molar-refractivity contribution in [2.75, 3.05) is 11.9 Å². The SMILES string of the molecule is CCOC(=O)CC(=O)c1cc(C(C)=O)c(Nc2ccccc2)s1. The zero-order valence-corrected chi connectivity index (χ0v) is 13.7. The number of nitrogens with one attached hydrogen (secondary N) is 1. The number of rotatable bonds is 7. The number of hydrogen-bond donors (Lipinski definition) is 1. The highest BCUT2D eigenvalue weighted by Crippen LogP contribution is 2.32. The third-order valence-corrected chi connectivity index (χ3v) is 4.12. The number of benzene rings is 1. The molecule has 0 radical (unpaired) electrons. The number of ketones is 2. The summed E-state index contributed by atoms with van der Waals surface area (Å²) in [5.41, 5.74) is 1.26. The summed E-state index contributed by atoms with van der Waals surface area (Å²) in [6, 6.07) is 10.9. The standard InChI is InChI=1S/C17H17NO4S/c1-3-22-16(21)10-14(20)15-9-13(11(2)19)17(23-15)18-12-7-5-4-6-8-12/h4-9,18H,3,10H2,1-2H3. The van der Waals surface area contributed by atoms with E-state index in [0.717, 1.165) is 17.0 Å². The number of carbonyl (C=O) groups excluding carboxylic acids is 3. The van der Waals surface area contributed by atoms with Crippen LogP contribution in [0, 0.1) is 0 Å². The van der Waals surface area contributed by atoms with Crippen molar-refractivity contribution in [1.29, 1.82) is 0 Å². The van der Waals surface area contributed by atoms with Crippen molar-refractivity contribution in [3.8, 4) is 0 Å². The van der Waals surface area contributed by atoms with E-state index in [9.17, 15) is 14.4 Å². The van der Waals surface area contributed by atoms with Gasteiger partial charge in [0.2, 0.25) is 0 Å². The van der Waals surface area contributed by atoms with E-state index < -0.39 is 5.97 Å². The first kappa shape index (κ1) is 16.9. The Kier molecular flexibility index (Phi) is 5.65. The molecule has 0 atom stereocenters. The van der Waals surface area contributed by atoms with Crippen LogP contribution >= 0.6 is 11.3 Å². The third-order valence-electron chi connectivity index (χ3n) is 3.03. The van der Waals surface area contributed by atoms with Gasteiger partial charge < -0.3 is 10.1 Å². The summed E-state index contributed by atoms with van der Waals surface area (Å²) >= 11 is 1.16. The van der Waals surface area contributed by atoms with Gasteiger partial charge in [-0.1, -0.05) is 18.2 Å². The van der Waals surface area contributed by atoms with Crippen LogP contribution in [0.15, 0.2) is 36.4 Å². The quantitative estimate of drug-likeness (QED) is 0.474. The van der Waals surface area contributed by atoms with Crippen molar-refractivity contribution in [3.05, 3.63) is 46.8 Å². The summed E-state index contributed by atoms with van der Waals surface area (Å²) in [7, 11) is 0. The van der Waals surface area contributed by atoms with Gasteiger partial charge in [-0.3, -0.25) is 14.4 Å². The van der Waals surface area contributed by atoms with E-state index in [1.807, 2.05) is 30.3 Å². The Balaban J connectivity index is 2.22. The molecule has 0 fully saturated rings. The lowest BCUT2D eigenvalue weighted by Gasteiger charge is -2.04. The highest BCUT2D eigenvalue weighted by Gasteiger charge is 2.20. The van der Waals surface area contributed by atoms with Gasteiger partial charge in [0.05, 0.1) is 17.0 Å². The molecule has 1 heterocycles. The molecule has 0 aliphatic heterocycles. The average molecular weight is 331 g/mol. The minimum absolute atomic E-state index is 0.144. The van der Waals surface area contributed by atoms with Crippen LogP contribution in [0.25, 0.3) is 0 Å². The molecule has 5 nitrogen and oxygen atoms in total. The molecule has 1 aromatic carbocycles. The summed E-state index contributed by atoms with van der Waals surface area (Å²) < 4.78 is 4.78. The van der Waals surface area contributed by atoms with Crippen molar-refractivity contribution < 1.29 is 19.1 Å². The lowest BCUT2D eigenvalue weighted by Crippen LogP contribution is -2.10. The molecule has 0 aliphatic carbocycles. The van der Waals surface area contributed by atoms with E-state index in [-0.39, 0.29) is 24.6 Å². The number of Topliss-reactive ketones (excluding diaryl/α,β-unsaturated/α-hetero) is 2. The van der Waals surface area contributed by atoms with E-state index >= 15 is 0 Å². The molecular weight excluding hydrogens is 314 g/mol. The number of carbonyl (C=O) groups is 3. The summed E-state index contributed by atoms with van der Waals surface area (Å²) in [4.78, 5) is 35.7. The summed E-state index contributed by atoms with van der Waals surface area (Å²) in [6.07, 6.45) is -0.323. The smallest absolute Gasteiger partial charge is 0.313 e. The van der Waals surface area contributed by atoms with Crippen molar-refractivity contribution in [1.82, 2.24) is 0 Å². The number of para-hydroxylation sites is 1. The Morgan fingerprint density at radius 2 is 1.87 bits per heavy atom. The lowest BCUT2D eigenvalue weighted by atomic mass is 10.1. The molecule has 120 valence electrons. The Labute approximate surface area is 138 Å². The number of thiophene rings is 1. The topological polar surface area (TPSA) is 72.5 Å². The molecule has 0 amide bonds. The molecule has 2 rings (SSSR count). The van der Waals surface area contributed by atoms with Crippen molar-refractivity contribution in [2.45, 2.75) is 20.3 Å². The Morgan fingerprint density at radius 3 is 2.48 bits per heavy atom. The van der Waals surface area contributed by atoms with Crippen molar-refractivity contribution in [2.24, 2.45) is 0 Å². The van der Waals surface area contributed by atoms with Crippen LogP contribution in [0.5, 0.6) is 0 Å². The normalized spacial score (nSPS) is 10.2. The zero-order valence-electron chi connectivity index (χ0n) is 12.9. The Morgan fingerprint density at radius 1 is 1.17 bits per heavy atom. The summed E-state index contributed by atoms with van der Waals surface area (Å²) in [5.74, 6) is -1.06. The number of anilines is 2. The highest BCUT2D eigenvalue weighted by atomic mass is 32.1. The van der Waals surface area contributed by atoms with Gasteiger partial charge in [0, 0.05) is 5.69 Å². The van der Waals surface area contributed by atoms with Crippen LogP contribution in [0.3, 0.4) is 0 Å². The monoisotopic (exact) mass is 331 g/mol. The third kappa shape index (κ3) is 4.50. The van der Waals surface area contributed by atoms with E-state index in [1.165, 1.54) is 13.0 Å². The van der Waals surface area contributed by atoms with Crippen LogP contribution in [0.2, 0.25) is 0 Å². The molecular formula is C17H17NO4S. The van der Waals surface area contributed by atoms with E-state index in [2.05, 4.69) is 5.32 Å². The van der Waals surface area contributed by atoms with Crippen LogP contribution in [-0.4, -0.2) is 24.1 Å². The van der Waals surface area contributed by atoms with Gasteiger partial charge >= 0.3 is 5.97 Å². The molecule has 6 heteroatoms. The van der Waals surface area contributed by atoms with E-state index in [0.29, 0.717) is 15.4 Å². The second-order valence-corrected chi connectivity index (χ2v) is 5.86. The van der Waals surface area contributed by atoms with Crippen LogP contribution < -0.4 is 5.32 Å². The van der Waals surface area contributed by atoms with Gasteiger partial charge in [-0.05, 0) is 32.0 Å². The van der Waals surface area contributed by atoms with Gasteiger partial charge in [-0.15, -0.1) is 11.3 Å². The van der Waals surface area contributed by atoms with Gasteiger partial charge in [0.25, 0.3) is 0 Å². The summed E-state index contributed by atoms with van der Waals surface area (Å²) in [5, 5.41) is 3.73. The first-order valence-corrected chi connectivity index (χ1v) is 7.98. The fourth-order valence-electron chi connectivity index (χ4n) is 1.97. The lowest BCUT2D eigenvalue weighted by molar-refractivity contribution is -0.141. The molecule has 1 aromatic heterocycles. The maximum Gasteiger partial charge on any atom is 0.313 e. The van der Waals surface area contributed by atoms with Gasteiger partial charge in [0.15, 0.2) is 11.6 Å². The maximum absolute atomic E-state index is 12.1. The first-order chi connectivity index (χ1) is 11.0. The number of esters is 1. The second kappa shape index (κ2) is 7.69. The fraction of sp³-hybridized carbons (Fsp3) is 0.235. The van der Waals surface area contributed by atoms with E-state index in [4.69, 9.17) is 4.74 Å². The minimum atomic E-state index is -0.562. The van der Waals surface area contributed by atoms with Gasteiger partial charge in [-0.2, -0.15) is 0 Å². The molecule has 0 spiro atoms. The second-order valence-electron chi connectivity index (χ2n) is 4.81. The average Bonchev–Trinajstić information content (AvgIpc) is 2.92. The zero-order chi connectivity index (χ0) is 16.8. The van der Waals surface area contributed by atoms with Crippen LogP contribution in [0.4, 0.5) is 10.7 Å². The fourth-order valence-corrected chi connectivity index (χ4v) is 3.03. The first-order valence-electron chi connectivity index (χ1n) is 7.17. The van der Waals surface area contributed by atoms with Gasteiger partial charge in [-0.25, -0.2) is 0 Å². The predicted molar refractivity (Wildman–Crippen MR) is 89.6 cm³/mol. The van der Waals surface area contributed by atoms with Gasteiger partial charge in [0.1, 0.15) is 11.4 Å². The molecule has 0 aliphatic rings. The molecule has 2 aromatic rings. The molecule has 0 bridgehead atoms. The maximum atomic E-state index is 12.1. The molecule has 1 N–H and O–H groups in total. The van der Waals surface area contributed by atoms with Crippen LogP contribution in [-0.2, 0) is 9.53 Å². The van der Waals surface area contributed by atoms with Crippen molar-refractivity contribution >= 4 is 39.6 Å². The predicted octanol–water partition coefficient (Wildman–Crippen LogP) is 3.83. The highest BCUT2D eigenvalue weighted by molar-refractivity contribution is 7.18.